The first kappa shape index (κ1) is 14.3. The molecule has 2 aliphatic rings. The van der Waals surface area contributed by atoms with E-state index in [-0.39, 0.29) is 0 Å². The Morgan fingerprint density at radius 2 is 1.56 bits per heavy atom. The third kappa shape index (κ3) is 3.96. The van der Waals surface area contributed by atoms with Crippen LogP contribution in [0.15, 0.2) is 0 Å². The SMILES string of the molecule is CC1CCC(O)(CNC2CCC(C)(C)CC2)CC1. The van der Waals surface area contributed by atoms with Gasteiger partial charge in [0.1, 0.15) is 0 Å². The zero-order valence-electron chi connectivity index (χ0n) is 12.5. The third-order valence-electron chi connectivity index (χ3n) is 5.26. The second-order valence-corrected chi connectivity index (χ2v) is 7.73. The summed E-state index contributed by atoms with van der Waals surface area (Å²) >= 11 is 0. The van der Waals surface area contributed by atoms with E-state index >= 15 is 0 Å². The standard InChI is InChI=1S/C16H31NO/c1-13-4-10-16(18,11-5-13)12-17-14-6-8-15(2,3)9-7-14/h13-14,17-18H,4-12H2,1-3H3. The Hall–Kier alpha value is -0.0800. The lowest BCUT2D eigenvalue weighted by molar-refractivity contribution is -0.00991. The van der Waals surface area contributed by atoms with Gasteiger partial charge in [0.05, 0.1) is 5.60 Å². The van der Waals surface area contributed by atoms with Gasteiger partial charge < -0.3 is 10.4 Å². The van der Waals surface area contributed by atoms with Crippen molar-refractivity contribution in [3.05, 3.63) is 0 Å². The Labute approximate surface area is 113 Å². The minimum absolute atomic E-state index is 0.417. The van der Waals surface area contributed by atoms with Crippen molar-refractivity contribution in [1.82, 2.24) is 5.32 Å². The van der Waals surface area contributed by atoms with Crippen LogP contribution in [0.25, 0.3) is 0 Å². The van der Waals surface area contributed by atoms with Crippen LogP contribution in [0.2, 0.25) is 0 Å². The van der Waals surface area contributed by atoms with Crippen LogP contribution in [0.5, 0.6) is 0 Å². The number of rotatable bonds is 3. The zero-order valence-corrected chi connectivity index (χ0v) is 12.5. The molecule has 0 radical (unpaired) electrons. The Kier molecular flexibility index (Phi) is 4.38. The summed E-state index contributed by atoms with van der Waals surface area (Å²) in [7, 11) is 0. The number of aliphatic hydroxyl groups is 1. The van der Waals surface area contributed by atoms with Crippen molar-refractivity contribution in [3.8, 4) is 0 Å². The molecule has 0 saturated heterocycles. The van der Waals surface area contributed by atoms with Crippen LogP contribution in [0.1, 0.15) is 72.1 Å². The molecule has 0 unspecified atom stereocenters. The quantitative estimate of drug-likeness (QED) is 0.807. The maximum absolute atomic E-state index is 10.6. The summed E-state index contributed by atoms with van der Waals surface area (Å²) in [5.41, 5.74) is 0.120. The monoisotopic (exact) mass is 253 g/mol. The van der Waals surface area contributed by atoms with Gasteiger partial charge in [-0.3, -0.25) is 0 Å². The van der Waals surface area contributed by atoms with E-state index in [9.17, 15) is 5.11 Å². The third-order valence-corrected chi connectivity index (χ3v) is 5.26. The van der Waals surface area contributed by atoms with E-state index in [4.69, 9.17) is 0 Å². The van der Waals surface area contributed by atoms with Gasteiger partial charge in [-0.2, -0.15) is 0 Å². The highest BCUT2D eigenvalue weighted by atomic mass is 16.3. The van der Waals surface area contributed by atoms with E-state index < -0.39 is 5.60 Å². The van der Waals surface area contributed by atoms with E-state index in [0.29, 0.717) is 11.5 Å². The van der Waals surface area contributed by atoms with Crippen molar-refractivity contribution in [2.45, 2.75) is 83.8 Å². The van der Waals surface area contributed by atoms with Crippen molar-refractivity contribution in [3.63, 3.8) is 0 Å². The molecule has 0 aromatic heterocycles. The van der Waals surface area contributed by atoms with Crippen molar-refractivity contribution in [1.29, 1.82) is 0 Å². The highest BCUT2D eigenvalue weighted by Gasteiger charge is 2.33. The van der Waals surface area contributed by atoms with Gasteiger partial charge in [-0.1, -0.05) is 20.8 Å². The van der Waals surface area contributed by atoms with Crippen LogP contribution in [0.3, 0.4) is 0 Å². The Morgan fingerprint density at radius 1 is 1.00 bits per heavy atom. The van der Waals surface area contributed by atoms with E-state index in [2.05, 4.69) is 26.1 Å². The van der Waals surface area contributed by atoms with Crippen molar-refractivity contribution >= 4 is 0 Å². The van der Waals surface area contributed by atoms with Gasteiger partial charge in [-0.15, -0.1) is 0 Å². The molecule has 2 rings (SSSR count). The molecule has 0 aliphatic heterocycles. The largest absolute Gasteiger partial charge is 0.389 e. The van der Waals surface area contributed by atoms with Gasteiger partial charge in [0.2, 0.25) is 0 Å². The second kappa shape index (κ2) is 5.50. The first-order valence-corrected chi connectivity index (χ1v) is 7.84. The number of hydrogen-bond acceptors (Lipinski definition) is 2. The fourth-order valence-corrected chi connectivity index (χ4v) is 3.41. The Morgan fingerprint density at radius 3 is 2.11 bits per heavy atom. The first-order valence-electron chi connectivity index (χ1n) is 7.84. The summed E-state index contributed by atoms with van der Waals surface area (Å²) in [6.45, 7) is 7.86. The van der Waals surface area contributed by atoms with Gasteiger partial charge in [0.15, 0.2) is 0 Å². The predicted octanol–water partition coefficient (Wildman–Crippen LogP) is 3.49. The number of nitrogens with one attached hydrogen (secondary N) is 1. The van der Waals surface area contributed by atoms with Gasteiger partial charge in [-0.25, -0.2) is 0 Å². The average Bonchev–Trinajstić information content (AvgIpc) is 2.32. The van der Waals surface area contributed by atoms with Gasteiger partial charge in [-0.05, 0) is 62.7 Å². The molecule has 0 amide bonds. The van der Waals surface area contributed by atoms with Crippen LogP contribution in [-0.4, -0.2) is 23.3 Å². The molecular formula is C16H31NO. The molecule has 0 bridgehead atoms. The molecule has 2 aliphatic carbocycles. The molecule has 2 fully saturated rings. The molecule has 0 aromatic rings. The summed E-state index contributed by atoms with van der Waals surface area (Å²) < 4.78 is 0. The fraction of sp³-hybridized carbons (Fsp3) is 1.00. The average molecular weight is 253 g/mol. The summed E-state index contributed by atoms with van der Waals surface area (Å²) in [5.74, 6) is 0.806. The van der Waals surface area contributed by atoms with E-state index in [1.54, 1.807) is 0 Å². The lowest BCUT2D eigenvalue weighted by Crippen LogP contribution is -2.47. The lowest BCUT2D eigenvalue weighted by atomic mass is 9.75. The van der Waals surface area contributed by atoms with Crippen LogP contribution in [0.4, 0.5) is 0 Å². The van der Waals surface area contributed by atoms with Crippen LogP contribution in [-0.2, 0) is 0 Å². The van der Waals surface area contributed by atoms with Crippen molar-refractivity contribution in [2.75, 3.05) is 6.54 Å². The molecule has 2 heteroatoms. The van der Waals surface area contributed by atoms with E-state index in [0.717, 1.165) is 25.3 Å². The summed E-state index contributed by atoms with van der Waals surface area (Å²) in [6.07, 6.45) is 9.55. The molecule has 18 heavy (non-hydrogen) atoms. The molecule has 2 nitrogen and oxygen atoms in total. The Balaban J connectivity index is 1.72. The van der Waals surface area contributed by atoms with Gasteiger partial charge in [0.25, 0.3) is 0 Å². The first-order chi connectivity index (χ1) is 8.39. The molecule has 0 spiro atoms. The van der Waals surface area contributed by atoms with E-state index in [1.165, 1.54) is 38.5 Å². The molecule has 0 heterocycles. The van der Waals surface area contributed by atoms with Crippen LogP contribution < -0.4 is 5.32 Å². The highest BCUT2D eigenvalue weighted by molar-refractivity contribution is 4.89. The summed E-state index contributed by atoms with van der Waals surface area (Å²) in [6, 6.07) is 0.640. The summed E-state index contributed by atoms with van der Waals surface area (Å²) in [5, 5.41) is 14.2. The fourth-order valence-electron chi connectivity index (χ4n) is 3.41. The van der Waals surface area contributed by atoms with Crippen molar-refractivity contribution < 1.29 is 5.11 Å². The molecule has 0 atom stereocenters. The second-order valence-electron chi connectivity index (χ2n) is 7.73. The number of hydrogen-bond donors (Lipinski definition) is 2. The molecule has 0 aromatic carbocycles. The smallest absolute Gasteiger partial charge is 0.0771 e. The molecule has 106 valence electrons. The van der Waals surface area contributed by atoms with E-state index in [1.807, 2.05) is 0 Å². The molecule has 2 N–H and O–H groups in total. The predicted molar refractivity (Wildman–Crippen MR) is 76.6 cm³/mol. The van der Waals surface area contributed by atoms with Gasteiger partial charge in [0, 0.05) is 12.6 Å². The zero-order chi connectivity index (χ0) is 13.2. The minimum atomic E-state index is -0.417. The minimum Gasteiger partial charge on any atom is -0.389 e. The lowest BCUT2D eigenvalue weighted by Gasteiger charge is -2.39. The van der Waals surface area contributed by atoms with Crippen LogP contribution >= 0.6 is 0 Å². The maximum atomic E-state index is 10.6. The van der Waals surface area contributed by atoms with Gasteiger partial charge >= 0.3 is 0 Å². The van der Waals surface area contributed by atoms with Crippen molar-refractivity contribution in [2.24, 2.45) is 11.3 Å². The molecular weight excluding hydrogens is 222 g/mol. The maximum Gasteiger partial charge on any atom is 0.0771 e. The molecule has 2 saturated carbocycles. The normalized spacial score (nSPS) is 37.7. The highest BCUT2D eigenvalue weighted by Crippen LogP contribution is 2.36. The topological polar surface area (TPSA) is 32.3 Å². The summed E-state index contributed by atoms with van der Waals surface area (Å²) in [4.78, 5) is 0. The van der Waals surface area contributed by atoms with Crippen LogP contribution in [0, 0.1) is 11.3 Å². The Bertz CT molecular complexity index is 256.